The smallest absolute Gasteiger partial charge is 0.317 e. The molecular formula is C10H17NO3. The van der Waals surface area contributed by atoms with Gasteiger partial charge in [0.15, 0.2) is 0 Å². The van der Waals surface area contributed by atoms with Crippen molar-refractivity contribution in [3.8, 4) is 12.3 Å². The van der Waals surface area contributed by atoms with Crippen molar-refractivity contribution in [2.45, 2.75) is 20.0 Å². The number of hydrogen-bond donors (Lipinski definition) is 1. The van der Waals surface area contributed by atoms with Crippen molar-refractivity contribution in [2.24, 2.45) is 0 Å². The zero-order valence-electron chi connectivity index (χ0n) is 8.69. The number of terminal acetylenes is 1. The number of hydrogen-bond acceptors (Lipinski definition) is 3. The van der Waals surface area contributed by atoms with Gasteiger partial charge in [-0.25, -0.2) is 0 Å². The maximum atomic E-state index is 10.4. The summed E-state index contributed by atoms with van der Waals surface area (Å²) in [6.45, 7) is 5.23. The fourth-order valence-electron chi connectivity index (χ4n) is 0.952. The summed E-state index contributed by atoms with van der Waals surface area (Å²) in [5.74, 6) is 1.55. The SMILES string of the molecule is C#CCN(CCOC(C)C)CC(=O)O. The van der Waals surface area contributed by atoms with E-state index in [4.69, 9.17) is 16.3 Å². The van der Waals surface area contributed by atoms with Gasteiger partial charge in [-0.1, -0.05) is 5.92 Å². The molecule has 0 atom stereocenters. The molecule has 0 bridgehead atoms. The molecular weight excluding hydrogens is 182 g/mol. The average Bonchev–Trinajstić information content (AvgIpc) is 2.02. The lowest BCUT2D eigenvalue weighted by molar-refractivity contribution is -0.138. The first kappa shape index (κ1) is 12.9. The van der Waals surface area contributed by atoms with Gasteiger partial charge in [0.25, 0.3) is 0 Å². The van der Waals surface area contributed by atoms with Gasteiger partial charge in [-0.15, -0.1) is 6.42 Å². The highest BCUT2D eigenvalue weighted by atomic mass is 16.5. The van der Waals surface area contributed by atoms with E-state index < -0.39 is 5.97 Å². The fourth-order valence-corrected chi connectivity index (χ4v) is 0.952. The molecule has 0 aliphatic carbocycles. The molecule has 80 valence electrons. The first-order valence-corrected chi connectivity index (χ1v) is 4.55. The lowest BCUT2D eigenvalue weighted by atomic mass is 10.4. The maximum Gasteiger partial charge on any atom is 0.317 e. The van der Waals surface area contributed by atoms with Crippen LogP contribution in [0.5, 0.6) is 0 Å². The molecule has 1 N–H and O–H groups in total. The van der Waals surface area contributed by atoms with Gasteiger partial charge in [0, 0.05) is 6.54 Å². The topological polar surface area (TPSA) is 49.8 Å². The molecule has 4 nitrogen and oxygen atoms in total. The van der Waals surface area contributed by atoms with Crippen LogP contribution in [0, 0.1) is 12.3 Å². The molecule has 0 aliphatic heterocycles. The predicted octanol–water partition coefficient (Wildman–Crippen LogP) is 0.431. The molecule has 0 spiro atoms. The lowest BCUT2D eigenvalue weighted by Gasteiger charge is -2.17. The molecule has 0 saturated carbocycles. The van der Waals surface area contributed by atoms with Crippen molar-refractivity contribution in [3.63, 3.8) is 0 Å². The Hall–Kier alpha value is -1.05. The van der Waals surface area contributed by atoms with Crippen LogP contribution < -0.4 is 0 Å². The molecule has 14 heavy (non-hydrogen) atoms. The van der Waals surface area contributed by atoms with Crippen LogP contribution in [-0.4, -0.2) is 48.3 Å². The summed E-state index contributed by atoms with van der Waals surface area (Å²) in [6, 6.07) is 0. The van der Waals surface area contributed by atoms with Crippen LogP contribution in [0.3, 0.4) is 0 Å². The number of ether oxygens (including phenoxy) is 1. The van der Waals surface area contributed by atoms with E-state index in [0.717, 1.165) is 0 Å². The van der Waals surface area contributed by atoms with Crippen molar-refractivity contribution in [1.29, 1.82) is 0 Å². The van der Waals surface area contributed by atoms with Crippen molar-refractivity contribution in [2.75, 3.05) is 26.2 Å². The van der Waals surface area contributed by atoms with Crippen LogP contribution in [-0.2, 0) is 9.53 Å². The molecule has 0 saturated heterocycles. The molecule has 0 amide bonds. The summed E-state index contributed by atoms with van der Waals surface area (Å²) in [6.07, 6.45) is 5.27. The summed E-state index contributed by atoms with van der Waals surface area (Å²) in [5, 5.41) is 8.57. The van der Waals surface area contributed by atoms with E-state index in [2.05, 4.69) is 5.92 Å². The lowest BCUT2D eigenvalue weighted by Crippen LogP contribution is -2.33. The Labute approximate surface area is 84.9 Å². The molecule has 0 aromatic rings. The summed E-state index contributed by atoms with van der Waals surface area (Å²) < 4.78 is 5.30. The molecule has 0 rings (SSSR count). The van der Waals surface area contributed by atoms with E-state index in [1.165, 1.54) is 0 Å². The Morgan fingerprint density at radius 1 is 1.64 bits per heavy atom. The average molecular weight is 199 g/mol. The Morgan fingerprint density at radius 2 is 2.29 bits per heavy atom. The van der Waals surface area contributed by atoms with Gasteiger partial charge >= 0.3 is 5.97 Å². The minimum atomic E-state index is -0.871. The largest absolute Gasteiger partial charge is 0.480 e. The maximum absolute atomic E-state index is 10.4. The first-order chi connectivity index (χ1) is 6.56. The Balaban J connectivity index is 3.74. The molecule has 0 heterocycles. The Kier molecular flexibility index (Phi) is 6.81. The number of rotatable bonds is 7. The van der Waals surface area contributed by atoms with Gasteiger partial charge in [0.2, 0.25) is 0 Å². The number of carboxylic acid groups (broad SMARTS) is 1. The second kappa shape index (κ2) is 7.36. The Bertz CT molecular complexity index is 208. The van der Waals surface area contributed by atoms with Gasteiger partial charge in [0.05, 0.1) is 25.8 Å². The highest BCUT2D eigenvalue weighted by Gasteiger charge is 2.07. The van der Waals surface area contributed by atoms with E-state index in [1.807, 2.05) is 13.8 Å². The van der Waals surface area contributed by atoms with E-state index in [-0.39, 0.29) is 12.6 Å². The molecule has 4 heteroatoms. The van der Waals surface area contributed by atoms with E-state index in [1.54, 1.807) is 4.90 Å². The van der Waals surface area contributed by atoms with Crippen LogP contribution in [0.1, 0.15) is 13.8 Å². The molecule has 0 aromatic carbocycles. The van der Waals surface area contributed by atoms with Gasteiger partial charge in [-0.05, 0) is 13.8 Å². The van der Waals surface area contributed by atoms with E-state index in [0.29, 0.717) is 19.7 Å². The predicted molar refractivity (Wildman–Crippen MR) is 54.0 cm³/mol. The number of nitrogens with zero attached hydrogens (tertiary/aromatic N) is 1. The molecule has 0 unspecified atom stereocenters. The van der Waals surface area contributed by atoms with Crippen molar-refractivity contribution < 1.29 is 14.6 Å². The summed E-state index contributed by atoms with van der Waals surface area (Å²) >= 11 is 0. The van der Waals surface area contributed by atoms with Crippen molar-refractivity contribution >= 4 is 5.97 Å². The first-order valence-electron chi connectivity index (χ1n) is 4.55. The fraction of sp³-hybridized carbons (Fsp3) is 0.700. The van der Waals surface area contributed by atoms with Crippen LogP contribution in [0.4, 0.5) is 0 Å². The van der Waals surface area contributed by atoms with E-state index in [9.17, 15) is 4.79 Å². The minimum absolute atomic E-state index is 0.0361. The van der Waals surface area contributed by atoms with Crippen LogP contribution >= 0.6 is 0 Å². The molecule has 0 aliphatic rings. The van der Waals surface area contributed by atoms with Crippen LogP contribution in [0.2, 0.25) is 0 Å². The van der Waals surface area contributed by atoms with Crippen molar-refractivity contribution in [3.05, 3.63) is 0 Å². The second-order valence-corrected chi connectivity index (χ2v) is 3.23. The van der Waals surface area contributed by atoms with Crippen LogP contribution in [0.25, 0.3) is 0 Å². The van der Waals surface area contributed by atoms with Gasteiger partial charge in [-0.2, -0.15) is 0 Å². The van der Waals surface area contributed by atoms with Crippen LogP contribution in [0.15, 0.2) is 0 Å². The molecule has 0 fully saturated rings. The quantitative estimate of drug-likeness (QED) is 0.604. The summed E-state index contributed by atoms with van der Waals surface area (Å²) in [4.78, 5) is 12.1. The third kappa shape index (κ3) is 7.59. The van der Waals surface area contributed by atoms with Gasteiger partial charge in [-0.3, -0.25) is 9.69 Å². The summed E-state index contributed by atoms with van der Waals surface area (Å²) in [7, 11) is 0. The highest BCUT2D eigenvalue weighted by molar-refractivity contribution is 5.69. The zero-order chi connectivity index (χ0) is 11.0. The minimum Gasteiger partial charge on any atom is -0.480 e. The standard InChI is InChI=1S/C10H17NO3/c1-4-5-11(8-10(12)13)6-7-14-9(2)3/h1,9H,5-8H2,2-3H3,(H,12,13). The van der Waals surface area contributed by atoms with E-state index >= 15 is 0 Å². The zero-order valence-corrected chi connectivity index (χ0v) is 8.69. The number of carboxylic acids is 1. The third-order valence-corrected chi connectivity index (χ3v) is 1.53. The summed E-state index contributed by atoms with van der Waals surface area (Å²) in [5.41, 5.74) is 0. The van der Waals surface area contributed by atoms with Gasteiger partial charge < -0.3 is 9.84 Å². The highest BCUT2D eigenvalue weighted by Crippen LogP contribution is 1.91. The number of aliphatic carboxylic acids is 1. The van der Waals surface area contributed by atoms with Gasteiger partial charge in [0.1, 0.15) is 0 Å². The second-order valence-electron chi connectivity index (χ2n) is 3.23. The molecule has 0 radical (unpaired) electrons. The Morgan fingerprint density at radius 3 is 2.71 bits per heavy atom. The third-order valence-electron chi connectivity index (χ3n) is 1.53. The molecule has 0 aromatic heterocycles. The monoisotopic (exact) mass is 199 g/mol. The number of carbonyl (C=O) groups is 1. The van der Waals surface area contributed by atoms with Crippen molar-refractivity contribution in [1.82, 2.24) is 4.90 Å². The normalized spacial score (nSPS) is 10.5.